The Kier molecular flexibility index (Phi) is 8.41. The Labute approximate surface area is 139 Å². The van der Waals surface area contributed by atoms with Crippen molar-refractivity contribution in [3.63, 3.8) is 0 Å². The number of carbonyl (C=O) groups is 1. The molecule has 20 heavy (non-hydrogen) atoms. The van der Waals surface area contributed by atoms with Gasteiger partial charge < -0.3 is 19.4 Å². The van der Waals surface area contributed by atoms with Gasteiger partial charge in [-0.05, 0) is 12.8 Å². The maximum Gasteiger partial charge on any atom is 0.251 e. The molecule has 1 fully saturated rings. The molecule has 1 aliphatic heterocycles. The van der Waals surface area contributed by atoms with Crippen LogP contribution in [0.4, 0.5) is 0 Å². The fraction of sp³-hybridized carbons (Fsp3) is 0.846. The van der Waals surface area contributed by atoms with Crippen molar-refractivity contribution in [2.45, 2.75) is 25.0 Å². The highest BCUT2D eigenvalue weighted by Gasteiger charge is 2.31. The molecular formula is C13H27IN4O2. The summed E-state index contributed by atoms with van der Waals surface area (Å²) in [6.07, 6.45) is 1.43. The first-order chi connectivity index (χ1) is 8.82. The van der Waals surface area contributed by atoms with Crippen LogP contribution in [0.1, 0.15) is 12.8 Å². The van der Waals surface area contributed by atoms with Crippen LogP contribution in [0.25, 0.3) is 0 Å². The van der Waals surface area contributed by atoms with E-state index in [1.54, 1.807) is 19.0 Å². The summed E-state index contributed by atoms with van der Waals surface area (Å²) in [5, 5.41) is 0. The van der Waals surface area contributed by atoms with Crippen LogP contribution in [-0.4, -0.2) is 87.6 Å². The average Bonchev–Trinajstić information content (AvgIpc) is 2.75. The quantitative estimate of drug-likeness (QED) is 0.400. The molecule has 0 bridgehead atoms. The van der Waals surface area contributed by atoms with Gasteiger partial charge in [0, 0.05) is 42.3 Å². The Morgan fingerprint density at radius 2 is 1.60 bits per heavy atom. The molecule has 1 aliphatic rings. The number of carbonyl (C=O) groups excluding carboxylic acids is 1. The molecule has 118 valence electrons. The van der Waals surface area contributed by atoms with E-state index in [9.17, 15) is 4.79 Å². The van der Waals surface area contributed by atoms with Crippen molar-refractivity contribution in [3.05, 3.63) is 0 Å². The van der Waals surface area contributed by atoms with Crippen molar-refractivity contribution in [2.24, 2.45) is 4.99 Å². The SMILES string of the molecule is CN(C)C(=O)C1CCC(CN=C(N(C)C)N(C)C)O1.I. The number of hydrogen-bond acceptors (Lipinski definition) is 3. The van der Waals surface area contributed by atoms with Crippen LogP contribution in [-0.2, 0) is 9.53 Å². The van der Waals surface area contributed by atoms with E-state index in [0.717, 1.165) is 18.8 Å². The number of rotatable bonds is 3. The van der Waals surface area contributed by atoms with Crippen LogP contribution in [0.15, 0.2) is 4.99 Å². The molecule has 0 aromatic carbocycles. The van der Waals surface area contributed by atoms with Crippen LogP contribution < -0.4 is 0 Å². The molecule has 2 atom stereocenters. The lowest BCUT2D eigenvalue weighted by Crippen LogP contribution is -2.36. The first kappa shape index (κ1) is 19.4. The molecule has 0 radical (unpaired) electrons. The second-order valence-electron chi connectivity index (χ2n) is 5.49. The van der Waals surface area contributed by atoms with Crippen LogP contribution in [0.2, 0.25) is 0 Å². The third kappa shape index (κ3) is 5.43. The first-order valence-electron chi connectivity index (χ1n) is 6.58. The number of amides is 1. The minimum atomic E-state index is -0.294. The van der Waals surface area contributed by atoms with Gasteiger partial charge in [-0.1, -0.05) is 0 Å². The van der Waals surface area contributed by atoms with E-state index in [1.165, 1.54) is 0 Å². The van der Waals surface area contributed by atoms with Crippen LogP contribution in [0, 0.1) is 0 Å². The van der Waals surface area contributed by atoms with Gasteiger partial charge >= 0.3 is 0 Å². The van der Waals surface area contributed by atoms with Gasteiger partial charge in [0.2, 0.25) is 0 Å². The minimum absolute atomic E-state index is 0. The van der Waals surface area contributed by atoms with Gasteiger partial charge in [0.15, 0.2) is 5.96 Å². The van der Waals surface area contributed by atoms with E-state index >= 15 is 0 Å². The van der Waals surface area contributed by atoms with Crippen LogP contribution in [0.3, 0.4) is 0 Å². The van der Waals surface area contributed by atoms with Gasteiger partial charge in [0.25, 0.3) is 5.91 Å². The Bertz CT molecular complexity index is 335. The van der Waals surface area contributed by atoms with Crippen molar-refractivity contribution in [1.29, 1.82) is 0 Å². The highest BCUT2D eigenvalue weighted by atomic mass is 127. The molecule has 0 aromatic heterocycles. The van der Waals surface area contributed by atoms with Gasteiger partial charge in [-0.2, -0.15) is 0 Å². The standard InChI is InChI=1S/C13H26N4O2.HI/c1-15(2)12(18)11-8-7-10(19-11)9-14-13(16(3)4)17(5)6;/h10-11H,7-9H2,1-6H3;1H. The fourth-order valence-electron chi connectivity index (χ4n) is 2.18. The predicted octanol–water partition coefficient (Wildman–Crippen LogP) is 0.719. The molecule has 7 heteroatoms. The maximum absolute atomic E-state index is 11.8. The van der Waals surface area contributed by atoms with Crippen molar-refractivity contribution < 1.29 is 9.53 Å². The molecule has 2 unspecified atom stereocenters. The third-order valence-corrected chi connectivity index (χ3v) is 3.06. The zero-order valence-corrected chi connectivity index (χ0v) is 15.6. The topological polar surface area (TPSA) is 48.4 Å². The Balaban J connectivity index is 0.00000361. The smallest absolute Gasteiger partial charge is 0.251 e. The summed E-state index contributed by atoms with van der Waals surface area (Å²) in [5.74, 6) is 0.956. The lowest BCUT2D eigenvalue weighted by molar-refractivity contribution is -0.140. The van der Waals surface area contributed by atoms with Crippen LogP contribution >= 0.6 is 24.0 Å². The fourth-order valence-corrected chi connectivity index (χ4v) is 2.18. The number of ether oxygens (including phenoxy) is 1. The van der Waals surface area contributed by atoms with Crippen molar-refractivity contribution in [2.75, 3.05) is 48.8 Å². The molecule has 0 aromatic rings. The van der Waals surface area contributed by atoms with E-state index in [4.69, 9.17) is 4.74 Å². The van der Waals surface area contributed by atoms with Crippen molar-refractivity contribution in [3.8, 4) is 0 Å². The molecule has 1 amide bonds. The normalized spacial score (nSPS) is 20.9. The zero-order valence-electron chi connectivity index (χ0n) is 13.3. The van der Waals surface area contributed by atoms with Gasteiger partial charge in [-0.15, -0.1) is 24.0 Å². The van der Waals surface area contributed by atoms with Crippen LogP contribution in [0.5, 0.6) is 0 Å². The molecule has 1 saturated heterocycles. The lowest BCUT2D eigenvalue weighted by atomic mass is 10.2. The summed E-state index contributed by atoms with van der Waals surface area (Å²) in [4.78, 5) is 21.9. The highest BCUT2D eigenvalue weighted by molar-refractivity contribution is 14.0. The largest absolute Gasteiger partial charge is 0.363 e. The number of aliphatic imine (C=N–C) groups is 1. The third-order valence-electron chi connectivity index (χ3n) is 3.06. The average molecular weight is 398 g/mol. The first-order valence-corrected chi connectivity index (χ1v) is 6.58. The highest BCUT2D eigenvalue weighted by Crippen LogP contribution is 2.21. The van der Waals surface area contributed by atoms with E-state index in [1.807, 2.05) is 38.0 Å². The van der Waals surface area contributed by atoms with E-state index in [2.05, 4.69) is 4.99 Å². The maximum atomic E-state index is 11.8. The van der Waals surface area contributed by atoms with E-state index < -0.39 is 0 Å². The molecule has 1 heterocycles. The summed E-state index contributed by atoms with van der Waals surface area (Å²) in [5.41, 5.74) is 0. The zero-order chi connectivity index (χ0) is 14.6. The molecule has 0 N–H and O–H groups in total. The molecule has 1 rings (SSSR count). The summed E-state index contributed by atoms with van der Waals surface area (Å²) < 4.78 is 5.76. The lowest BCUT2D eigenvalue weighted by Gasteiger charge is -2.23. The summed E-state index contributed by atoms with van der Waals surface area (Å²) in [6.45, 7) is 0.600. The second kappa shape index (κ2) is 8.66. The van der Waals surface area contributed by atoms with E-state index in [-0.39, 0.29) is 42.1 Å². The molecule has 0 spiro atoms. The number of likely N-dealkylation sites (N-methyl/N-ethyl adjacent to an activating group) is 1. The number of halogens is 1. The molecule has 0 aliphatic carbocycles. The van der Waals surface area contributed by atoms with Gasteiger partial charge in [0.05, 0.1) is 12.6 Å². The predicted molar refractivity (Wildman–Crippen MR) is 91.7 cm³/mol. The summed E-state index contributed by atoms with van der Waals surface area (Å²) in [6, 6.07) is 0. The Morgan fingerprint density at radius 3 is 2.05 bits per heavy atom. The van der Waals surface area contributed by atoms with Gasteiger partial charge in [-0.25, -0.2) is 0 Å². The number of nitrogens with zero attached hydrogens (tertiary/aromatic N) is 4. The Morgan fingerprint density at radius 1 is 1.05 bits per heavy atom. The van der Waals surface area contributed by atoms with Gasteiger partial charge in [0.1, 0.15) is 6.10 Å². The van der Waals surface area contributed by atoms with Crippen molar-refractivity contribution in [1.82, 2.24) is 14.7 Å². The molecular weight excluding hydrogens is 371 g/mol. The van der Waals surface area contributed by atoms with Gasteiger partial charge in [-0.3, -0.25) is 9.79 Å². The number of hydrogen-bond donors (Lipinski definition) is 0. The molecule has 0 saturated carbocycles. The summed E-state index contributed by atoms with van der Waals surface area (Å²) >= 11 is 0. The number of guanidine groups is 1. The summed E-state index contributed by atoms with van der Waals surface area (Å²) in [7, 11) is 11.4. The molecule has 6 nitrogen and oxygen atoms in total. The minimum Gasteiger partial charge on any atom is -0.363 e. The van der Waals surface area contributed by atoms with Crippen molar-refractivity contribution >= 4 is 35.8 Å². The monoisotopic (exact) mass is 398 g/mol. The second-order valence-corrected chi connectivity index (χ2v) is 5.49. The van der Waals surface area contributed by atoms with E-state index in [0.29, 0.717) is 6.54 Å². The Hall–Kier alpha value is -0.570.